The molecule has 0 radical (unpaired) electrons. The zero-order chi connectivity index (χ0) is 11.4. The van der Waals surface area contributed by atoms with Crippen LogP contribution in [0.1, 0.15) is 51.5 Å². The molecule has 1 aromatic heterocycles. The lowest BCUT2D eigenvalue weighted by Crippen LogP contribution is -2.34. The fraction of sp³-hybridized carbons (Fsp3) is 0.692. The molecular weight excluding hydrogens is 186 g/mol. The molecular formula is C13H23NO. The summed E-state index contributed by atoms with van der Waals surface area (Å²) in [5, 5.41) is 3.58. The van der Waals surface area contributed by atoms with Crippen LogP contribution in [-0.4, -0.2) is 6.04 Å². The molecule has 0 bridgehead atoms. The van der Waals surface area contributed by atoms with E-state index < -0.39 is 0 Å². The molecule has 86 valence electrons. The molecule has 3 unspecified atom stereocenters. The van der Waals surface area contributed by atoms with Gasteiger partial charge in [0.15, 0.2) is 0 Å². The van der Waals surface area contributed by atoms with Crippen LogP contribution in [0, 0.1) is 12.8 Å². The van der Waals surface area contributed by atoms with Gasteiger partial charge < -0.3 is 9.73 Å². The SMILES string of the molecule is CCC(C)C(C)NC(C)c1occc1C. The minimum absolute atomic E-state index is 0.295. The summed E-state index contributed by atoms with van der Waals surface area (Å²) < 4.78 is 5.48. The van der Waals surface area contributed by atoms with Crippen molar-refractivity contribution in [3.8, 4) is 0 Å². The fourth-order valence-electron chi connectivity index (χ4n) is 1.82. The van der Waals surface area contributed by atoms with Gasteiger partial charge in [-0.05, 0) is 38.3 Å². The molecule has 0 aliphatic rings. The maximum absolute atomic E-state index is 5.48. The van der Waals surface area contributed by atoms with Gasteiger partial charge in [-0.3, -0.25) is 0 Å². The maximum Gasteiger partial charge on any atom is 0.123 e. The van der Waals surface area contributed by atoms with E-state index in [1.54, 1.807) is 6.26 Å². The summed E-state index contributed by atoms with van der Waals surface area (Å²) in [6.45, 7) is 11.0. The molecule has 2 heteroatoms. The summed E-state index contributed by atoms with van der Waals surface area (Å²) in [4.78, 5) is 0. The third-order valence-corrected chi connectivity index (χ3v) is 3.31. The first-order valence-corrected chi connectivity index (χ1v) is 5.86. The molecule has 0 fully saturated rings. The van der Waals surface area contributed by atoms with E-state index in [4.69, 9.17) is 4.42 Å². The lowest BCUT2D eigenvalue weighted by molar-refractivity contribution is 0.331. The topological polar surface area (TPSA) is 25.2 Å². The molecule has 15 heavy (non-hydrogen) atoms. The van der Waals surface area contributed by atoms with Gasteiger partial charge in [0, 0.05) is 6.04 Å². The number of hydrogen-bond acceptors (Lipinski definition) is 2. The summed E-state index contributed by atoms with van der Waals surface area (Å²) in [6, 6.07) is 2.83. The van der Waals surface area contributed by atoms with Crippen LogP contribution in [-0.2, 0) is 0 Å². The molecule has 3 atom stereocenters. The standard InChI is InChI=1S/C13H23NO/c1-6-9(2)11(4)14-12(5)13-10(3)7-8-15-13/h7-9,11-12,14H,6H2,1-5H3. The highest BCUT2D eigenvalue weighted by Gasteiger charge is 2.17. The Morgan fingerprint density at radius 1 is 1.33 bits per heavy atom. The summed E-state index contributed by atoms with van der Waals surface area (Å²) in [7, 11) is 0. The van der Waals surface area contributed by atoms with Crippen molar-refractivity contribution in [2.24, 2.45) is 5.92 Å². The zero-order valence-electron chi connectivity index (χ0n) is 10.5. The first kappa shape index (κ1) is 12.3. The van der Waals surface area contributed by atoms with Gasteiger partial charge in [-0.1, -0.05) is 20.3 Å². The summed E-state index contributed by atoms with van der Waals surface area (Å²) in [5.41, 5.74) is 1.23. The average molecular weight is 209 g/mol. The second-order valence-corrected chi connectivity index (χ2v) is 4.53. The quantitative estimate of drug-likeness (QED) is 0.800. The fourth-order valence-corrected chi connectivity index (χ4v) is 1.82. The van der Waals surface area contributed by atoms with E-state index in [0.717, 1.165) is 5.76 Å². The highest BCUT2D eigenvalue weighted by Crippen LogP contribution is 2.20. The molecule has 0 amide bonds. The summed E-state index contributed by atoms with van der Waals surface area (Å²) >= 11 is 0. The van der Waals surface area contributed by atoms with E-state index in [1.165, 1.54) is 12.0 Å². The molecule has 1 heterocycles. The molecule has 1 rings (SSSR count). The number of hydrogen-bond donors (Lipinski definition) is 1. The number of furan rings is 1. The van der Waals surface area contributed by atoms with Gasteiger partial charge in [-0.25, -0.2) is 0 Å². The number of aryl methyl sites for hydroxylation is 1. The Morgan fingerprint density at radius 2 is 2.00 bits per heavy atom. The van der Waals surface area contributed by atoms with Crippen LogP contribution in [0.5, 0.6) is 0 Å². The number of nitrogens with one attached hydrogen (secondary N) is 1. The average Bonchev–Trinajstić information content (AvgIpc) is 2.63. The molecule has 1 N–H and O–H groups in total. The molecule has 0 saturated carbocycles. The molecule has 1 aromatic rings. The van der Waals surface area contributed by atoms with E-state index >= 15 is 0 Å². The van der Waals surface area contributed by atoms with Crippen molar-refractivity contribution in [2.45, 2.75) is 53.1 Å². The zero-order valence-corrected chi connectivity index (χ0v) is 10.5. The van der Waals surface area contributed by atoms with Crippen molar-refractivity contribution < 1.29 is 4.42 Å². The Hall–Kier alpha value is -0.760. The van der Waals surface area contributed by atoms with E-state index in [-0.39, 0.29) is 0 Å². The molecule has 0 aromatic carbocycles. The highest BCUT2D eigenvalue weighted by atomic mass is 16.3. The van der Waals surface area contributed by atoms with Gasteiger partial charge in [0.05, 0.1) is 12.3 Å². The van der Waals surface area contributed by atoms with E-state index in [2.05, 4.69) is 39.9 Å². The molecule has 2 nitrogen and oxygen atoms in total. The van der Waals surface area contributed by atoms with Gasteiger partial charge in [0.2, 0.25) is 0 Å². The van der Waals surface area contributed by atoms with Gasteiger partial charge >= 0.3 is 0 Å². The van der Waals surface area contributed by atoms with E-state index in [9.17, 15) is 0 Å². The number of rotatable bonds is 5. The van der Waals surface area contributed by atoms with Crippen LogP contribution < -0.4 is 5.32 Å². The Balaban J connectivity index is 2.56. The van der Waals surface area contributed by atoms with Crippen molar-refractivity contribution in [1.82, 2.24) is 5.32 Å². The van der Waals surface area contributed by atoms with Crippen molar-refractivity contribution in [3.63, 3.8) is 0 Å². The molecule has 0 aliphatic carbocycles. The van der Waals surface area contributed by atoms with Gasteiger partial charge in [0.25, 0.3) is 0 Å². The Bertz CT molecular complexity index is 292. The maximum atomic E-state index is 5.48. The Morgan fingerprint density at radius 3 is 2.47 bits per heavy atom. The van der Waals surface area contributed by atoms with E-state index in [1.807, 2.05) is 6.07 Å². The van der Waals surface area contributed by atoms with Crippen LogP contribution in [0.2, 0.25) is 0 Å². The predicted octanol–water partition coefficient (Wildman–Crippen LogP) is 3.67. The second kappa shape index (κ2) is 5.36. The Kier molecular flexibility index (Phi) is 4.40. The van der Waals surface area contributed by atoms with E-state index in [0.29, 0.717) is 18.0 Å². The van der Waals surface area contributed by atoms with Crippen molar-refractivity contribution in [3.05, 3.63) is 23.7 Å². The van der Waals surface area contributed by atoms with Crippen LogP contribution in [0.3, 0.4) is 0 Å². The lowest BCUT2D eigenvalue weighted by Gasteiger charge is -2.23. The van der Waals surface area contributed by atoms with Crippen molar-refractivity contribution in [2.75, 3.05) is 0 Å². The first-order chi connectivity index (χ1) is 7.06. The van der Waals surface area contributed by atoms with Gasteiger partial charge in [-0.15, -0.1) is 0 Å². The van der Waals surface area contributed by atoms with Crippen LogP contribution >= 0.6 is 0 Å². The third-order valence-electron chi connectivity index (χ3n) is 3.31. The largest absolute Gasteiger partial charge is 0.467 e. The first-order valence-electron chi connectivity index (χ1n) is 5.86. The second-order valence-electron chi connectivity index (χ2n) is 4.53. The van der Waals surface area contributed by atoms with Gasteiger partial charge in [-0.2, -0.15) is 0 Å². The van der Waals surface area contributed by atoms with Crippen LogP contribution in [0.25, 0.3) is 0 Å². The highest BCUT2D eigenvalue weighted by molar-refractivity contribution is 5.17. The van der Waals surface area contributed by atoms with Crippen LogP contribution in [0.4, 0.5) is 0 Å². The minimum Gasteiger partial charge on any atom is -0.467 e. The summed E-state index contributed by atoms with van der Waals surface area (Å²) in [5.74, 6) is 1.76. The summed E-state index contributed by atoms with van der Waals surface area (Å²) in [6.07, 6.45) is 2.97. The lowest BCUT2D eigenvalue weighted by atomic mass is 9.99. The Labute approximate surface area is 93.1 Å². The van der Waals surface area contributed by atoms with Crippen LogP contribution in [0.15, 0.2) is 16.7 Å². The van der Waals surface area contributed by atoms with Gasteiger partial charge in [0.1, 0.15) is 5.76 Å². The smallest absolute Gasteiger partial charge is 0.123 e. The van der Waals surface area contributed by atoms with Crippen molar-refractivity contribution in [1.29, 1.82) is 0 Å². The third kappa shape index (κ3) is 3.10. The normalized spacial score (nSPS) is 17.4. The monoisotopic (exact) mass is 209 g/mol. The predicted molar refractivity (Wildman–Crippen MR) is 63.9 cm³/mol. The molecule has 0 saturated heterocycles. The van der Waals surface area contributed by atoms with Crippen molar-refractivity contribution >= 4 is 0 Å². The molecule has 0 spiro atoms. The minimum atomic E-state index is 0.295. The molecule has 0 aliphatic heterocycles.